The minimum Gasteiger partial charge on any atom is -0.497 e. The molecule has 0 aromatic heterocycles. The molecule has 1 fully saturated rings. The summed E-state index contributed by atoms with van der Waals surface area (Å²) in [7, 11) is 3.12. The van der Waals surface area contributed by atoms with Crippen LogP contribution in [0.4, 0.5) is 15.8 Å². The summed E-state index contributed by atoms with van der Waals surface area (Å²) in [5.74, 6) is 0.644. The Hall–Kier alpha value is -3.52. The zero-order valence-electron chi connectivity index (χ0n) is 17.5. The molecule has 1 N–H and O–H groups in total. The number of rotatable bonds is 6. The van der Waals surface area contributed by atoms with Crippen LogP contribution in [0.25, 0.3) is 0 Å². The highest BCUT2D eigenvalue weighted by Crippen LogP contribution is 2.45. The molecule has 2 amide bonds. The van der Waals surface area contributed by atoms with Gasteiger partial charge in [-0.1, -0.05) is 18.2 Å². The highest BCUT2D eigenvalue weighted by atomic mass is 32.2. The van der Waals surface area contributed by atoms with E-state index in [2.05, 4.69) is 5.32 Å². The topological polar surface area (TPSA) is 67.9 Å². The molecule has 0 saturated carbocycles. The molecule has 1 saturated heterocycles. The zero-order valence-corrected chi connectivity index (χ0v) is 18.3. The van der Waals surface area contributed by atoms with Crippen molar-refractivity contribution in [2.24, 2.45) is 0 Å². The third-order valence-corrected chi connectivity index (χ3v) is 6.27. The second-order valence-electron chi connectivity index (χ2n) is 7.05. The molecule has 3 aromatic carbocycles. The molecule has 32 heavy (non-hydrogen) atoms. The second kappa shape index (κ2) is 9.32. The van der Waals surface area contributed by atoms with Crippen LogP contribution in [0.15, 0.2) is 66.7 Å². The first-order valence-electron chi connectivity index (χ1n) is 9.82. The second-order valence-corrected chi connectivity index (χ2v) is 8.12. The summed E-state index contributed by atoms with van der Waals surface area (Å²) < 4.78 is 24.1. The van der Waals surface area contributed by atoms with Gasteiger partial charge < -0.3 is 14.8 Å². The number of nitrogens with zero attached hydrogens (tertiary/aromatic N) is 1. The van der Waals surface area contributed by atoms with Gasteiger partial charge in [-0.2, -0.15) is 0 Å². The van der Waals surface area contributed by atoms with Crippen molar-refractivity contribution < 1.29 is 23.5 Å². The molecule has 1 aliphatic heterocycles. The predicted molar refractivity (Wildman–Crippen MR) is 123 cm³/mol. The first kappa shape index (κ1) is 21.7. The number of methoxy groups -OCH3 is 2. The standard InChI is InChI=1S/C24H21FN2O4S/c1-30-19-10-11-20(21(13-19)31-2)27-22(28)14-32-24(27)15-6-8-18(9-7-15)26-23(29)16-4-3-5-17(25)12-16/h3-13,24H,14H2,1-2H3,(H,26,29). The number of halogens is 1. The van der Waals surface area contributed by atoms with Crippen LogP contribution >= 0.6 is 11.8 Å². The summed E-state index contributed by atoms with van der Waals surface area (Å²) >= 11 is 1.51. The van der Waals surface area contributed by atoms with Gasteiger partial charge in [-0.3, -0.25) is 14.5 Å². The molecule has 0 radical (unpaired) electrons. The zero-order chi connectivity index (χ0) is 22.7. The van der Waals surface area contributed by atoms with Gasteiger partial charge in [0, 0.05) is 17.3 Å². The van der Waals surface area contributed by atoms with E-state index in [1.165, 1.54) is 30.0 Å². The first-order valence-corrected chi connectivity index (χ1v) is 10.9. The number of thioether (sulfide) groups is 1. The number of nitrogens with one attached hydrogen (secondary N) is 1. The van der Waals surface area contributed by atoms with E-state index >= 15 is 0 Å². The van der Waals surface area contributed by atoms with Crippen LogP contribution in [0.5, 0.6) is 11.5 Å². The van der Waals surface area contributed by atoms with Crippen LogP contribution in [0.3, 0.4) is 0 Å². The molecule has 0 aliphatic carbocycles. The van der Waals surface area contributed by atoms with E-state index in [1.54, 1.807) is 49.5 Å². The van der Waals surface area contributed by atoms with Crippen molar-refractivity contribution in [3.8, 4) is 11.5 Å². The number of hydrogen-bond donors (Lipinski definition) is 1. The van der Waals surface area contributed by atoms with Crippen molar-refractivity contribution >= 4 is 35.0 Å². The van der Waals surface area contributed by atoms with Crippen molar-refractivity contribution in [3.63, 3.8) is 0 Å². The van der Waals surface area contributed by atoms with Gasteiger partial charge in [0.25, 0.3) is 5.91 Å². The fraction of sp³-hybridized carbons (Fsp3) is 0.167. The SMILES string of the molecule is COc1ccc(N2C(=O)CSC2c2ccc(NC(=O)c3cccc(F)c3)cc2)c(OC)c1. The summed E-state index contributed by atoms with van der Waals surface area (Å²) in [4.78, 5) is 26.8. The molecule has 8 heteroatoms. The van der Waals surface area contributed by atoms with Crippen molar-refractivity contribution in [1.82, 2.24) is 0 Å². The quantitative estimate of drug-likeness (QED) is 0.578. The van der Waals surface area contributed by atoms with Crippen LogP contribution in [0, 0.1) is 5.82 Å². The lowest BCUT2D eigenvalue weighted by molar-refractivity contribution is -0.115. The predicted octanol–water partition coefficient (Wildman–Crippen LogP) is 4.87. The molecule has 1 heterocycles. The smallest absolute Gasteiger partial charge is 0.255 e. The van der Waals surface area contributed by atoms with Gasteiger partial charge in [0.15, 0.2) is 0 Å². The molecule has 3 aromatic rings. The lowest BCUT2D eigenvalue weighted by atomic mass is 10.1. The molecule has 6 nitrogen and oxygen atoms in total. The minimum atomic E-state index is -0.468. The van der Waals surface area contributed by atoms with E-state index in [0.29, 0.717) is 28.6 Å². The molecular formula is C24H21FN2O4S. The van der Waals surface area contributed by atoms with E-state index in [4.69, 9.17) is 9.47 Å². The molecule has 0 spiro atoms. The van der Waals surface area contributed by atoms with Gasteiger partial charge in [0.05, 0.1) is 25.7 Å². The lowest BCUT2D eigenvalue weighted by Crippen LogP contribution is -2.28. The number of carbonyl (C=O) groups excluding carboxylic acids is 2. The van der Waals surface area contributed by atoms with E-state index in [-0.39, 0.29) is 16.8 Å². The third kappa shape index (κ3) is 4.40. The Bertz CT molecular complexity index is 1150. The maximum atomic E-state index is 13.4. The van der Waals surface area contributed by atoms with Gasteiger partial charge in [-0.05, 0) is 48.0 Å². The minimum absolute atomic E-state index is 0.0213. The highest BCUT2D eigenvalue weighted by Gasteiger charge is 2.35. The lowest BCUT2D eigenvalue weighted by Gasteiger charge is -2.26. The van der Waals surface area contributed by atoms with Gasteiger partial charge in [0.1, 0.15) is 22.7 Å². The van der Waals surface area contributed by atoms with Crippen molar-refractivity contribution in [2.75, 3.05) is 30.2 Å². The van der Waals surface area contributed by atoms with Gasteiger partial charge in [0.2, 0.25) is 5.91 Å². The van der Waals surface area contributed by atoms with E-state index in [1.807, 2.05) is 18.2 Å². The number of anilines is 2. The van der Waals surface area contributed by atoms with Crippen LogP contribution in [-0.2, 0) is 4.79 Å². The molecule has 1 unspecified atom stereocenters. The Labute approximate surface area is 189 Å². The largest absolute Gasteiger partial charge is 0.497 e. The number of hydrogen-bond acceptors (Lipinski definition) is 5. The molecule has 4 rings (SSSR count). The van der Waals surface area contributed by atoms with Crippen LogP contribution in [0.1, 0.15) is 21.3 Å². The average molecular weight is 453 g/mol. The summed E-state index contributed by atoms with van der Waals surface area (Å²) in [6, 6.07) is 18.1. The Morgan fingerprint density at radius 3 is 2.53 bits per heavy atom. The molecule has 1 atom stereocenters. The fourth-order valence-electron chi connectivity index (χ4n) is 3.48. The van der Waals surface area contributed by atoms with E-state index in [0.717, 1.165) is 5.56 Å². The molecule has 164 valence electrons. The maximum Gasteiger partial charge on any atom is 0.255 e. The van der Waals surface area contributed by atoms with Crippen molar-refractivity contribution in [3.05, 3.63) is 83.7 Å². The summed E-state index contributed by atoms with van der Waals surface area (Å²) in [5, 5.41) is 2.52. The summed E-state index contributed by atoms with van der Waals surface area (Å²) in [6.07, 6.45) is 0. The molecular weight excluding hydrogens is 431 g/mol. The van der Waals surface area contributed by atoms with E-state index in [9.17, 15) is 14.0 Å². The number of benzene rings is 3. The number of amides is 2. The van der Waals surface area contributed by atoms with Crippen molar-refractivity contribution in [2.45, 2.75) is 5.37 Å². The first-order chi connectivity index (χ1) is 15.5. The van der Waals surface area contributed by atoms with Crippen LogP contribution in [-0.4, -0.2) is 31.8 Å². The van der Waals surface area contributed by atoms with Gasteiger partial charge in [-0.15, -0.1) is 11.8 Å². The normalized spacial score (nSPS) is 15.5. The Morgan fingerprint density at radius 1 is 1.06 bits per heavy atom. The van der Waals surface area contributed by atoms with Crippen molar-refractivity contribution in [1.29, 1.82) is 0 Å². The summed E-state index contributed by atoms with van der Waals surface area (Å²) in [6.45, 7) is 0. The Kier molecular flexibility index (Phi) is 6.32. The van der Waals surface area contributed by atoms with E-state index < -0.39 is 11.7 Å². The molecule has 1 aliphatic rings. The molecule has 0 bridgehead atoms. The fourth-order valence-corrected chi connectivity index (χ4v) is 4.65. The van der Waals surface area contributed by atoms with Gasteiger partial charge >= 0.3 is 0 Å². The average Bonchev–Trinajstić information content (AvgIpc) is 3.20. The van der Waals surface area contributed by atoms with Gasteiger partial charge in [-0.25, -0.2) is 4.39 Å². The Balaban J connectivity index is 1.55. The highest BCUT2D eigenvalue weighted by molar-refractivity contribution is 8.00. The summed E-state index contributed by atoms with van der Waals surface area (Å²) in [5.41, 5.74) is 2.38. The number of carbonyl (C=O) groups is 2. The van der Waals surface area contributed by atoms with Crippen LogP contribution in [0.2, 0.25) is 0 Å². The van der Waals surface area contributed by atoms with Crippen LogP contribution < -0.4 is 19.7 Å². The number of ether oxygens (including phenoxy) is 2. The monoisotopic (exact) mass is 452 g/mol. The maximum absolute atomic E-state index is 13.4. The Morgan fingerprint density at radius 2 is 1.84 bits per heavy atom. The third-order valence-electron chi connectivity index (χ3n) is 5.05.